The number of rotatable bonds is 4. The molecule has 0 amide bonds. The number of likely N-dealkylation sites (tertiary alicyclic amines) is 1. The molecule has 0 aliphatic carbocycles. The summed E-state index contributed by atoms with van der Waals surface area (Å²) < 4.78 is 11.7. The minimum Gasteiger partial charge on any atom is -0.379 e. The number of nitrogens with zero attached hydrogens (tertiary/aromatic N) is 4. The lowest BCUT2D eigenvalue weighted by atomic mass is 9.83. The van der Waals surface area contributed by atoms with Gasteiger partial charge >= 0.3 is 0 Å². The molecule has 5 heterocycles. The van der Waals surface area contributed by atoms with Gasteiger partial charge in [-0.15, -0.1) is 0 Å². The maximum atomic E-state index is 13.1. The Morgan fingerprint density at radius 1 is 1.11 bits per heavy atom. The summed E-state index contributed by atoms with van der Waals surface area (Å²) in [5.41, 5.74) is 3.69. The molecule has 2 bridgehead atoms. The van der Waals surface area contributed by atoms with Crippen molar-refractivity contribution in [2.75, 3.05) is 39.4 Å². The summed E-state index contributed by atoms with van der Waals surface area (Å²) in [6, 6.07) is 4.29. The highest BCUT2D eigenvalue weighted by Gasteiger charge is 2.35. The molecular weight excluding hydrogens is 360 g/mol. The first-order valence-corrected chi connectivity index (χ1v) is 10.7. The van der Waals surface area contributed by atoms with E-state index in [0.29, 0.717) is 11.8 Å². The number of piperidine rings is 1. The zero-order valence-electron chi connectivity index (χ0n) is 15.5. The molecule has 2 aromatic rings. The van der Waals surface area contributed by atoms with Crippen LogP contribution in [0.1, 0.15) is 29.2 Å². The fourth-order valence-corrected chi connectivity index (χ4v) is 5.43. The van der Waals surface area contributed by atoms with Gasteiger partial charge in [-0.25, -0.2) is 4.37 Å². The lowest BCUT2D eigenvalue weighted by Gasteiger charge is -2.43. The summed E-state index contributed by atoms with van der Waals surface area (Å²) in [5.74, 6) is 1.04. The summed E-state index contributed by atoms with van der Waals surface area (Å²) >= 11 is 1.52. The number of hydrogen-bond acceptors (Lipinski definition) is 6. The quantitative estimate of drug-likeness (QED) is 0.801. The van der Waals surface area contributed by atoms with Crippen molar-refractivity contribution in [1.29, 1.82) is 0 Å². The van der Waals surface area contributed by atoms with Gasteiger partial charge in [0, 0.05) is 74.6 Å². The minimum absolute atomic E-state index is 0.226. The van der Waals surface area contributed by atoms with Crippen LogP contribution in [-0.2, 0) is 24.4 Å². The van der Waals surface area contributed by atoms with E-state index in [1.165, 1.54) is 29.2 Å². The SMILES string of the molecule is O=c1c(CN2CCOCC2)ccc2n1C[C@H]1C[C@@H]2CN(Cc2cnsc2)C1. The Kier molecular flexibility index (Phi) is 4.85. The van der Waals surface area contributed by atoms with E-state index >= 15 is 0 Å². The Bertz CT molecular complexity index is 844. The van der Waals surface area contributed by atoms with Gasteiger partial charge in [-0.05, 0) is 35.5 Å². The van der Waals surface area contributed by atoms with E-state index < -0.39 is 0 Å². The second-order valence-corrected chi connectivity index (χ2v) is 8.77. The van der Waals surface area contributed by atoms with Crippen molar-refractivity contribution < 1.29 is 4.74 Å². The van der Waals surface area contributed by atoms with Crippen molar-refractivity contribution in [1.82, 2.24) is 18.7 Å². The summed E-state index contributed by atoms with van der Waals surface area (Å²) in [5, 5.41) is 2.14. The van der Waals surface area contributed by atoms with E-state index in [9.17, 15) is 4.79 Å². The molecule has 27 heavy (non-hydrogen) atoms. The van der Waals surface area contributed by atoms with Crippen molar-refractivity contribution in [3.05, 3.63) is 50.9 Å². The number of aromatic nitrogens is 2. The van der Waals surface area contributed by atoms with Crippen LogP contribution in [-0.4, -0.2) is 58.1 Å². The molecule has 2 aromatic heterocycles. The van der Waals surface area contributed by atoms with E-state index in [1.54, 1.807) is 0 Å². The Balaban J connectivity index is 1.35. The van der Waals surface area contributed by atoms with Crippen molar-refractivity contribution >= 4 is 11.5 Å². The van der Waals surface area contributed by atoms with Crippen LogP contribution >= 0.6 is 11.5 Å². The standard InChI is InChI=1S/C20H26N4O2S/c25-20-17(12-22-3-5-26-6-4-22)1-2-19-18-7-15(11-24(19)20)9-23(13-18)10-16-8-21-27-14-16/h1-2,8,14-15,18H,3-7,9-13H2/t15-,18+/m0/s1. The largest absolute Gasteiger partial charge is 0.379 e. The molecule has 7 heteroatoms. The molecule has 2 saturated heterocycles. The number of fused-ring (bicyclic) bond motifs is 4. The first-order chi connectivity index (χ1) is 13.3. The predicted octanol–water partition coefficient (Wildman–Crippen LogP) is 1.76. The van der Waals surface area contributed by atoms with E-state index in [-0.39, 0.29) is 5.56 Å². The van der Waals surface area contributed by atoms with Crippen LogP contribution in [0.4, 0.5) is 0 Å². The highest BCUT2D eigenvalue weighted by atomic mass is 32.1. The monoisotopic (exact) mass is 386 g/mol. The summed E-state index contributed by atoms with van der Waals surface area (Å²) in [4.78, 5) is 18.0. The maximum absolute atomic E-state index is 13.1. The molecule has 5 rings (SSSR count). The van der Waals surface area contributed by atoms with Crippen LogP contribution in [0.5, 0.6) is 0 Å². The highest BCUT2D eigenvalue weighted by molar-refractivity contribution is 7.03. The number of hydrogen-bond donors (Lipinski definition) is 0. The van der Waals surface area contributed by atoms with Crippen LogP contribution in [0.25, 0.3) is 0 Å². The van der Waals surface area contributed by atoms with Gasteiger partial charge < -0.3 is 9.30 Å². The summed E-state index contributed by atoms with van der Waals surface area (Å²) in [6.45, 7) is 8.06. The first-order valence-electron chi connectivity index (χ1n) is 9.89. The molecule has 144 valence electrons. The van der Waals surface area contributed by atoms with E-state index in [0.717, 1.165) is 64.6 Å². The van der Waals surface area contributed by atoms with E-state index in [1.807, 2.05) is 6.20 Å². The van der Waals surface area contributed by atoms with Crippen LogP contribution in [0.2, 0.25) is 0 Å². The maximum Gasteiger partial charge on any atom is 0.255 e. The molecule has 3 aliphatic heterocycles. The van der Waals surface area contributed by atoms with Crippen LogP contribution in [0.15, 0.2) is 28.5 Å². The van der Waals surface area contributed by atoms with Gasteiger partial charge in [-0.2, -0.15) is 0 Å². The second kappa shape index (κ2) is 7.47. The van der Waals surface area contributed by atoms with Crippen LogP contribution < -0.4 is 5.56 Å². The van der Waals surface area contributed by atoms with Crippen LogP contribution in [0.3, 0.4) is 0 Å². The Hall–Kier alpha value is -1.54. The molecule has 0 unspecified atom stereocenters. The molecule has 0 radical (unpaired) electrons. The molecule has 2 atom stereocenters. The van der Waals surface area contributed by atoms with Gasteiger partial charge in [0.1, 0.15) is 0 Å². The zero-order chi connectivity index (χ0) is 18.2. The number of morpholine rings is 1. The highest BCUT2D eigenvalue weighted by Crippen LogP contribution is 2.35. The third kappa shape index (κ3) is 3.61. The van der Waals surface area contributed by atoms with Gasteiger partial charge in [0.25, 0.3) is 5.56 Å². The van der Waals surface area contributed by atoms with Crippen molar-refractivity contribution in [2.24, 2.45) is 5.92 Å². The topological polar surface area (TPSA) is 50.6 Å². The first kappa shape index (κ1) is 17.6. The van der Waals surface area contributed by atoms with Gasteiger partial charge in [0.05, 0.1) is 13.2 Å². The van der Waals surface area contributed by atoms with Gasteiger partial charge in [0.2, 0.25) is 0 Å². The molecular formula is C20H26N4O2S. The molecule has 0 aromatic carbocycles. The van der Waals surface area contributed by atoms with Crippen molar-refractivity contribution in [3.8, 4) is 0 Å². The smallest absolute Gasteiger partial charge is 0.255 e. The van der Waals surface area contributed by atoms with Gasteiger partial charge in [0.15, 0.2) is 0 Å². The van der Waals surface area contributed by atoms with Gasteiger partial charge in [-0.3, -0.25) is 14.6 Å². The van der Waals surface area contributed by atoms with Crippen molar-refractivity contribution in [3.63, 3.8) is 0 Å². The molecule has 3 aliphatic rings. The lowest BCUT2D eigenvalue weighted by Crippen LogP contribution is -2.47. The van der Waals surface area contributed by atoms with E-state index in [4.69, 9.17) is 4.74 Å². The average Bonchev–Trinajstić information content (AvgIpc) is 3.18. The Morgan fingerprint density at radius 3 is 2.81 bits per heavy atom. The number of ether oxygens (including phenoxy) is 1. The predicted molar refractivity (Wildman–Crippen MR) is 105 cm³/mol. The lowest BCUT2D eigenvalue weighted by molar-refractivity contribution is 0.0338. The van der Waals surface area contributed by atoms with Crippen molar-refractivity contribution in [2.45, 2.75) is 32.0 Å². The average molecular weight is 387 g/mol. The Morgan fingerprint density at radius 2 is 2.00 bits per heavy atom. The summed E-state index contributed by atoms with van der Waals surface area (Å²) in [6.07, 6.45) is 3.19. The third-order valence-corrected chi connectivity index (χ3v) is 6.78. The Labute approximate surface area is 163 Å². The van der Waals surface area contributed by atoms with E-state index in [2.05, 4.69) is 36.3 Å². The summed E-state index contributed by atoms with van der Waals surface area (Å²) in [7, 11) is 0. The minimum atomic E-state index is 0.226. The molecule has 6 nitrogen and oxygen atoms in total. The second-order valence-electron chi connectivity index (χ2n) is 8.11. The fourth-order valence-electron chi connectivity index (χ4n) is 4.90. The molecule has 0 saturated carbocycles. The van der Waals surface area contributed by atoms with Crippen LogP contribution in [0, 0.1) is 5.92 Å². The third-order valence-electron chi connectivity index (χ3n) is 6.15. The van der Waals surface area contributed by atoms with Gasteiger partial charge in [-0.1, -0.05) is 6.07 Å². The molecule has 2 fully saturated rings. The fraction of sp³-hybridized carbons (Fsp3) is 0.600. The molecule has 0 N–H and O–H groups in total. The normalized spacial score (nSPS) is 26.1. The number of pyridine rings is 1. The molecule has 0 spiro atoms. The zero-order valence-corrected chi connectivity index (χ0v) is 16.4.